The molecule has 1 heterocycles. The number of nitrogens with one attached hydrogen (secondary N) is 1. The number of hydrogen-bond acceptors (Lipinski definition) is 6. The second kappa shape index (κ2) is 7.89. The highest BCUT2D eigenvalue weighted by Gasteiger charge is 2.40. The zero-order valence-corrected chi connectivity index (χ0v) is 16.3. The number of sulfonamides is 1. The van der Waals surface area contributed by atoms with Crippen molar-refractivity contribution in [2.45, 2.75) is 17.7 Å². The van der Waals surface area contributed by atoms with E-state index in [9.17, 15) is 18.0 Å². The van der Waals surface area contributed by atoms with E-state index in [4.69, 9.17) is 9.47 Å². The van der Waals surface area contributed by atoms with E-state index < -0.39 is 15.9 Å². The minimum atomic E-state index is -3.85. The summed E-state index contributed by atoms with van der Waals surface area (Å²) in [7, 11) is -0.836. The Morgan fingerprint density at radius 3 is 2.46 bits per heavy atom. The summed E-state index contributed by atoms with van der Waals surface area (Å²) in [5.74, 6) is 0.161. The maximum atomic E-state index is 12.5. The van der Waals surface area contributed by atoms with E-state index in [1.807, 2.05) is 0 Å². The number of ether oxygens (including phenoxy) is 2. The van der Waals surface area contributed by atoms with Crippen molar-refractivity contribution in [2.75, 3.05) is 26.1 Å². The molecule has 148 valence electrons. The maximum absolute atomic E-state index is 12.5. The van der Waals surface area contributed by atoms with Crippen LogP contribution >= 0.6 is 0 Å². The van der Waals surface area contributed by atoms with Crippen molar-refractivity contribution in [1.82, 2.24) is 4.31 Å². The molecule has 8 nitrogen and oxygen atoms in total. The number of hydrogen-bond donors (Lipinski definition) is 1. The van der Waals surface area contributed by atoms with Gasteiger partial charge in [-0.05, 0) is 30.7 Å². The van der Waals surface area contributed by atoms with E-state index in [2.05, 4.69) is 5.32 Å². The predicted octanol–water partition coefficient (Wildman–Crippen LogP) is 2.27. The quantitative estimate of drug-likeness (QED) is 0.760. The van der Waals surface area contributed by atoms with Crippen molar-refractivity contribution < 1.29 is 27.5 Å². The van der Waals surface area contributed by atoms with Crippen LogP contribution in [0.15, 0.2) is 47.4 Å². The molecule has 1 aliphatic rings. The smallest absolute Gasteiger partial charge is 0.269 e. The lowest BCUT2D eigenvalue weighted by Gasteiger charge is -2.15. The molecule has 9 heteroatoms. The Bertz CT molecular complexity index is 1020. The first-order valence-corrected chi connectivity index (χ1v) is 10.0. The number of carbonyl (C=O) groups is 2. The van der Waals surface area contributed by atoms with Crippen LogP contribution in [0.3, 0.4) is 0 Å². The molecule has 2 amide bonds. The number of anilines is 1. The van der Waals surface area contributed by atoms with Crippen molar-refractivity contribution in [3.05, 3.63) is 48.0 Å². The highest BCUT2D eigenvalue weighted by atomic mass is 32.2. The van der Waals surface area contributed by atoms with Crippen LogP contribution in [-0.2, 0) is 14.8 Å². The highest BCUT2D eigenvalue weighted by molar-refractivity contribution is 7.90. The molecule has 28 heavy (non-hydrogen) atoms. The lowest BCUT2D eigenvalue weighted by molar-refractivity contribution is -0.116. The predicted molar refractivity (Wildman–Crippen MR) is 102 cm³/mol. The van der Waals surface area contributed by atoms with Crippen LogP contribution in [0.25, 0.3) is 0 Å². The molecule has 0 saturated heterocycles. The maximum Gasteiger partial charge on any atom is 0.269 e. The Labute approximate surface area is 163 Å². The van der Waals surface area contributed by atoms with Crippen molar-refractivity contribution in [1.29, 1.82) is 0 Å². The summed E-state index contributed by atoms with van der Waals surface area (Å²) in [6, 6.07) is 11.1. The molecule has 0 aromatic heterocycles. The second-order valence-corrected chi connectivity index (χ2v) is 7.93. The van der Waals surface area contributed by atoms with Crippen LogP contribution in [0.2, 0.25) is 0 Å². The van der Waals surface area contributed by atoms with Gasteiger partial charge < -0.3 is 14.8 Å². The topological polar surface area (TPSA) is 102 Å². The van der Waals surface area contributed by atoms with Gasteiger partial charge >= 0.3 is 0 Å². The number of nitrogens with zero attached hydrogens (tertiary/aromatic N) is 1. The number of fused-ring (bicyclic) bond motifs is 1. The van der Waals surface area contributed by atoms with Gasteiger partial charge in [0.2, 0.25) is 5.91 Å². The first-order valence-electron chi connectivity index (χ1n) is 8.56. The Hall–Kier alpha value is -3.07. The highest BCUT2D eigenvalue weighted by Crippen LogP contribution is 2.31. The molecule has 0 unspecified atom stereocenters. The molecule has 2 aromatic rings. The van der Waals surface area contributed by atoms with Gasteiger partial charge in [-0.15, -0.1) is 0 Å². The van der Waals surface area contributed by atoms with Crippen LogP contribution in [0, 0.1) is 0 Å². The largest absolute Gasteiger partial charge is 0.493 e. The number of methoxy groups -OCH3 is 2. The molecular weight excluding hydrogens is 384 g/mol. The van der Waals surface area contributed by atoms with E-state index in [1.54, 1.807) is 30.3 Å². The van der Waals surface area contributed by atoms with Gasteiger partial charge in [0.15, 0.2) is 11.5 Å². The molecule has 0 spiro atoms. The summed E-state index contributed by atoms with van der Waals surface area (Å²) in [6.07, 6.45) is 0.266. The zero-order valence-electron chi connectivity index (χ0n) is 15.5. The standard InChI is InChI=1S/C19H20N2O6S/c1-26-15-10-9-13(12-16(15)27-2)20-18(22)8-5-11-21-19(23)14-6-3-4-7-17(14)28(21,24)25/h3-4,6-7,9-10,12H,5,8,11H2,1-2H3,(H,20,22). The van der Waals surface area contributed by atoms with Gasteiger partial charge in [-0.3, -0.25) is 9.59 Å². The Morgan fingerprint density at radius 1 is 1.07 bits per heavy atom. The summed E-state index contributed by atoms with van der Waals surface area (Å²) < 4.78 is 36.1. The van der Waals surface area contributed by atoms with Crippen LogP contribution < -0.4 is 14.8 Å². The average Bonchev–Trinajstić information content (AvgIpc) is 2.88. The lowest BCUT2D eigenvalue weighted by Crippen LogP contribution is -2.31. The van der Waals surface area contributed by atoms with Crippen molar-refractivity contribution in [3.8, 4) is 11.5 Å². The third kappa shape index (κ3) is 3.65. The summed E-state index contributed by atoms with van der Waals surface area (Å²) in [6.45, 7) is -0.0603. The minimum Gasteiger partial charge on any atom is -0.493 e. The number of carbonyl (C=O) groups excluding carboxylic acids is 2. The molecular formula is C19H20N2O6S. The summed E-state index contributed by atoms with van der Waals surface area (Å²) in [4.78, 5) is 24.5. The van der Waals surface area contributed by atoms with Crippen molar-refractivity contribution in [3.63, 3.8) is 0 Å². The fourth-order valence-electron chi connectivity index (χ4n) is 2.97. The third-order valence-corrected chi connectivity index (χ3v) is 6.18. The van der Waals surface area contributed by atoms with Crippen LogP contribution in [0.1, 0.15) is 23.2 Å². The molecule has 0 atom stereocenters. The summed E-state index contributed by atoms with van der Waals surface area (Å²) >= 11 is 0. The minimum absolute atomic E-state index is 0.00906. The molecule has 2 aromatic carbocycles. The van der Waals surface area contributed by atoms with Gasteiger partial charge in [0, 0.05) is 24.7 Å². The van der Waals surface area contributed by atoms with Crippen molar-refractivity contribution >= 4 is 27.5 Å². The second-order valence-electron chi connectivity index (χ2n) is 6.10. The van der Waals surface area contributed by atoms with Gasteiger partial charge in [-0.25, -0.2) is 12.7 Å². The van der Waals surface area contributed by atoms with Crippen LogP contribution in [0.5, 0.6) is 11.5 Å². The van der Waals surface area contributed by atoms with E-state index in [0.29, 0.717) is 17.2 Å². The van der Waals surface area contributed by atoms with Gasteiger partial charge in [0.1, 0.15) is 4.90 Å². The lowest BCUT2D eigenvalue weighted by atomic mass is 10.2. The zero-order chi connectivity index (χ0) is 20.3. The molecule has 0 saturated carbocycles. The number of benzene rings is 2. The Balaban J connectivity index is 1.59. The fourth-order valence-corrected chi connectivity index (χ4v) is 4.58. The van der Waals surface area contributed by atoms with Gasteiger partial charge in [0.25, 0.3) is 15.9 Å². The molecule has 0 bridgehead atoms. The van der Waals surface area contributed by atoms with Gasteiger partial charge in [0.05, 0.1) is 19.8 Å². The average molecular weight is 404 g/mol. The molecule has 0 radical (unpaired) electrons. The van der Waals surface area contributed by atoms with Gasteiger partial charge in [-0.2, -0.15) is 0 Å². The number of amides is 2. The molecule has 0 fully saturated rings. The van der Waals surface area contributed by atoms with Crippen LogP contribution in [0.4, 0.5) is 5.69 Å². The molecule has 1 N–H and O–H groups in total. The molecule has 1 aliphatic heterocycles. The SMILES string of the molecule is COc1ccc(NC(=O)CCCN2C(=O)c3ccccc3S2(=O)=O)cc1OC. The molecule has 0 aliphatic carbocycles. The molecule has 3 rings (SSSR count). The first-order chi connectivity index (χ1) is 13.4. The van der Waals surface area contributed by atoms with E-state index in [-0.39, 0.29) is 35.8 Å². The fraction of sp³-hybridized carbons (Fsp3) is 0.263. The Kier molecular flexibility index (Phi) is 5.55. The Morgan fingerprint density at radius 2 is 1.79 bits per heavy atom. The monoisotopic (exact) mass is 404 g/mol. The normalized spacial score (nSPS) is 14.5. The van der Waals surface area contributed by atoms with Crippen molar-refractivity contribution in [2.24, 2.45) is 0 Å². The van der Waals surface area contributed by atoms with E-state index >= 15 is 0 Å². The van der Waals surface area contributed by atoms with E-state index in [0.717, 1.165) is 4.31 Å². The summed E-state index contributed by atoms with van der Waals surface area (Å²) in [5, 5.41) is 2.72. The first kappa shape index (κ1) is 19.7. The number of rotatable bonds is 7. The van der Waals surface area contributed by atoms with E-state index in [1.165, 1.54) is 26.4 Å². The van der Waals surface area contributed by atoms with Gasteiger partial charge in [-0.1, -0.05) is 12.1 Å². The van der Waals surface area contributed by atoms with Crippen LogP contribution in [-0.4, -0.2) is 45.3 Å². The summed E-state index contributed by atoms with van der Waals surface area (Å²) in [5.41, 5.74) is 0.692. The third-order valence-electron chi connectivity index (χ3n) is 4.34.